The van der Waals surface area contributed by atoms with Crippen LogP contribution in [0.25, 0.3) is 0 Å². The molecule has 4 unspecified atom stereocenters. The first-order chi connectivity index (χ1) is 23.2. The quantitative estimate of drug-likeness (QED) is 0.0403. The number of amides is 4. The Morgan fingerprint density at radius 1 is 0.592 bits per heavy atom. The van der Waals surface area contributed by atoms with Crippen molar-refractivity contribution in [3.63, 3.8) is 0 Å². The van der Waals surface area contributed by atoms with Gasteiger partial charge in [0.05, 0.1) is 12.1 Å². The third kappa shape index (κ3) is 19.2. The number of nitrogens with two attached hydrogens (primary N) is 2. The van der Waals surface area contributed by atoms with E-state index < -0.39 is 47.8 Å². The Morgan fingerprint density at radius 2 is 1.10 bits per heavy atom. The number of hydrogen-bond donors (Lipinski definition) is 6. The lowest BCUT2D eigenvalue weighted by molar-refractivity contribution is -0.136. The fourth-order valence-corrected chi connectivity index (χ4v) is 6.09. The number of nitrogens with one attached hydrogen (secondary N) is 4. The van der Waals surface area contributed by atoms with Gasteiger partial charge in [0.15, 0.2) is 5.78 Å². The van der Waals surface area contributed by atoms with E-state index in [1.807, 2.05) is 20.8 Å². The predicted octanol–water partition coefficient (Wildman–Crippen LogP) is 5.85. The second kappa shape index (κ2) is 27.0. The second-order valence-corrected chi connectivity index (χ2v) is 14.1. The van der Waals surface area contributed by atoms with Crippen LogP contribution in [0.4, 0.5) is 0 Å². The maximum Gasteiger partial charge on any atom is 0.243 e. The zero-order chi connectivity index (χ0) is 37.4. The van der Waals surface area contributed by atoms with Crippen molar-refractivity contribution in [2.45, 2.75) is 188 Å². The maximum atomic E-state index is 13.9. The molecule has 0 aliphatic carbocycles. The molecule has 0 aromatic carbocycles. The molecule has 0 aliphatic rings. The summed E-state index contributed by atoms with van der Waals surface area (Å²) >= 11 is 0. The van der Waals surface area contributed by atoms with Crippen LogP contribution >= 0.6 is 0 Å². The molecule has 0 radical (unpaired) electrons. The molecule has 0 heterocycles. The number of unbranched alkanes of at least 4 members (excludes halogenated alkanes) is 8. The SMILES string of the molecule is CCCCC[C@H](NC(=O)[C@@H](C)N)C(=O)C(C)C(C)[C@H](CCCCCCCC(=N)CCCC)C(=O)NC(CC)C(=O)NC(CCCC)C(N)=O. The number of carbonyl (C=O) groups is 5. The highest BCUT2D eigenvalue weighted by atomic mass is 16.2. The third-order valence-electron chi connectivity index (χ3n) is 9.75. The summed E-state index contributed by atoms with van der Waals surface area (Å²) in [5.41, 5.74) is 12.2. The third-order valence-corrected chi connectivity index (χ3v) is 9.75. The zero-order valence-electron chi connectivity index (χ0n) is 32.0. The van der Waals surface area contributed by atoms with Gasteiger partial charge in [-0.3, -0.25) is 24.0 Å². The molecular weight excluding hydrogens is 620 g/mol. The molecule has 11 nitrogen and oxygen atoms in total. The lowest BCUT2D eigenvalue weighted by atomic mass is 9.76. The van der Waals surface area contributed by atoms with Crippen LogP contribution in [0.5, 0.6) is 0 Å². The van der Waals surface area contributed by atoms with Gasteiger partial charge in [0.2, 0.25) is 23.6 Å². The van der Waals surface area contributed by atoms with Crippen molar-refractivity contribution in [3.05, 3.63) is 0 Å². The average Bonchev–Trinajstić information content (AvgIpc) is 3.07. The predicted molar refractivity (Wildman–Crippen MR) is 199 cm³/mol. The molecule has 0 aromatic rings. The summed E-state index contributed by atoms with van der Waals surface area (Å²) in [6, 6.07) is -3.10. The van der Waals surface area contributed by atoms with Crippen LogP contribution in [0.15, 0.2) is 0 Å². The largest absolute Gasteiger partial charge is 0.368 e. The summed E-state index contributed by atoms with van der Waals surface area (Å²) in [5.74, 6) is -3.31. The number of hydrogen-bond acceptors (Lipinski definition) is 7. The molecule has 0 saturated carbocycles. The molecule has 4 amide bonds. The molecule has 284 valence electrons. The van der Waals surface area contributed by atoms with E-state index in [1.165, 1.54) is 0 Å². The highest BCUT2D eigenvalue weighted by molar-refractivity contribution is 5.94. The summed E-state index contributed by atoms with van der Waals surface area (Å²) in [7, 11) is 0. The fraction of sp³-hybridized carbons (Fsp3) is 0.842. The molecule has 0 bridgehead atoms. The van der Waals surface area contributed by atoms with E-state index >= 15 is 0 Å². The van der Waals surface area contributed by atoms with Gasteiger partial charge in [0.1, 0.15) is 12.1 Å². The van der Waals surface area contributed by atoms with Crippen molar-refractivity contribution < 1.29 is 24.0 Å². The number of ketones is 1. The first-order valence-corrected chi connectivity index (χ1v) is 19.3. The molecule has 0 saturated heterocycles. The Labute approximate surface area is 297 Å². The topological polar surface area (TPSA) is 197 Å². The van der Waals surface area contributed by atoms with E-state index in [9.17, 15) is 24.0 Å². The Morgan fingerprint density at radius 3 is 1.67 bits per heavy atom. The van der Waals surface area contributed by atoms with Crippen molar-refractivity contribution in [1.82, 2.24) is 16.0 Å². The van der Waals surface area contributed by atoms with E-state index in [0.29, 0.717) is 25.7 Å². The molecule has 0 spiro atoms. The van der Waals surface area contributed by atoms with Gasteiger partial charge in [0, 0.05) is 17.5 Å². The monoisotopic (exact) mass is 693 g/mol. The Hall–Kier alpha value is -2.82. The molecular formula is C38H72N6O5. The standard InChI is InChI=1S/C38H72N6O5/c1-8-12-18-25-32(43-36(47)28(7)39)34(45)27(6)26(5)30(23-20-17-15-16-19-22-29(40)21-13-9-2)37(48)42-31(11-4)38(49)44-33(35(41)46)24-14-10-3/h26-28,30-33,40H,8-25,39H2,1-7H3,(H2,41,46)(H,42,48)(H,43,47)(H,44,49)/t26?,27?,28-,30+,31?,32+,33?/m1/s1. The summed E-state index contributed by atoms with van der Waals surface area (Å²) in [6.45, 7) is 13.3. The molecule has 7 atom stereocenters. The van der Waals surface area contributed by atoms with Crippen LogP contribution in [-0.4, -0.2) is 59.3 Å². The summed E-state index contributed by atoms with van der Waals surface area (Å²) in [5, 5.41) is 16.6. The number of primary amides is 1. The van der Waals surface area contributed by atoms with Crippen LogP contribution < -0.4 is 27.4 Å². The van der Waals surface area contributed by atoms with Crippen LogP contribution in [0.1, 0.15) is 164 Å². The molecule has 0 aliphatic heterocycles. The van der Waals surface area contributed by atoms with Gasteiger partial charge < -0.3 is 32.8 Å². The normalized spacial score (nSPS) is 15.6. The van der Waals surface area contributed by atoms with Crippen LogP contribution in [0.3, 0.4) is 0 Å². The molecule has 8 N–H and O–H groups in total. The van der Waals surface area contributed by atoms with Crippen LogP contribution in [0, 0.1) is 23.2 Å². The van der Waals surface area contributed by atoms with Crippen LogP contribution in [0.2, 0.25) is 0 Å². The zero-order valence-corrected chi connectivity index (χ0v) is 32.0. The molecule has 0 fully saturated rings. The van der Waals surface area contributed by atoms with Crippen molar-refractivity contribution in [2.24, 2.45) is 29.2 Å². The van der Waals surface area contributed by atoms with Gasteiger partial charge >= 0.3 is 0 Å². The van der Waals surface area contributed by atoms with Gasteiger partial charge in [-0.2, -0.15) is 0 Å². The minimum atomic E-state index is -0.855. The lowest BCUT2D eigenvalue weighted by Crippen LogP contribution is -2.54. The van der Waals surface area contributed by atoms with Crippen molar-refractivity contribution in [1.29, 1.82) is 5.41 Å². The molecule has 49 heavy (non-hydrogen) atoms. The lowest BCUT2D eigenvalue weighted by Gasteiger charge is -2.31. The highest BCUT2D eigenvalue weighted by Crippen LogP contribution is 2.29. The second-order valence-electron chi connectivity index (χ2n) is 14.1. The number of carbonyl (C=O) groups excluding carboxylic acids is 5. The van der Waals surface area contributed by atoms with Gasteiger partial charge in [-0.05, 0) is 64.2 Å². The van der Waals surface area contributed by atoms with Crippen molar-refractivity contribution in [2.75, 3.05) is 0 Å². The summed E-state index contributed by atoms with van der Waals surface area (Å²) < 4.78 is 0. The van der Waals surface area contributed by atoms with E-state index in [4.69, 9.17) is 16.9 Å². The maximum absolute atomic E-state index is 13.9. The van der Waals surface area contributed by atoms with Crippen molar-refractivity contribution in [3.8, 4) is 0 Å². The minimum Gasteiger partial charge on any atom is -0.368 e. The van der Waals surface area contributed by atoms with Crippen molar-refractivity contribution >= 4 is 35.1 Å². The summed E-state index contributed by atoms with van der Waals surface area (Å²) in [6.07, 6.45) is 14.6. The van der Waals surface area contributed by atoms with Gasteiger partial charge in [-0.1, -0.05) is 106 Å². The Balaban J connectivity index is 5.85. The Bertz CT molecular complexity index is 1000. The van der Waals surface area contributed by atoms with Crippen LogP contribution in [-0.2, 0) is 24.0 Å². The van der Waals surface area contributed by atoms with E-state index in [-0.39, 0.29) is 23.5 Å². The van der Waals surface area contributed by atoms with E-state index in [2.05, 4.69) is 29.8 Å². The molecule has 11 heteroatoms. The fourth-order valence-electron chi connectivity index (χ4n) is 6.09. The van der Waals surface area contributed by atoms with Gasteiger partial charge in [0.25, 0.3) is 0 Å². The number of Topliss-reactive ketones (excluding diaryl/α,β-unsaturated/α-hetero) is 1. The Kier molecular flexibility index (Phi) is 25.4. The minimum absolute atomic E-state index is 0.120. The summed E-state index contributed by atoms with van der Waals surface area (Å²) in [4.78, 5) is 65.5. The highest BCUT2D eigenvalue weighted by Gasteiger charge is 2.36. The first-order valence-electron chi connectivity index (χ1n) is 19.3. The van der Waals surface area contributed by atoms with Gasteiger partial charge in [-0.25, -0.2) is 0 Å². The first kappa shape index (κ1) is 46.2. The van der Waals surface area contributed by atoms with E-state index in [0.717, 1.165) is 95.6 Å². The van der Waals surface area contributed by atoms with Gasteiger partial charge in [-0.15, -0.1) is 0 Å². The van der Waals surface area contributed by atoms with E-state index in [1.54, 1.807) is 13.8 Å². The molecule has 0 aromatic heterocycles. The average molecular weight is 693 g/mol. The number of rotatable bonds is 30. The molecule has 0 rings (SSSR count). The smallest absolute Gasteiger partial charge is 0.243 e.